The first-order valence-electron chi connectivity index (χ1n) is 14.1. The molecule has 0 saturated carbocycles. The quantitative estimate of drug-likeness (QED) is 0.0808. The average molecular weight is 577 g/mol. The zero-order valence-corrected chi connectivity index (χ0v) is 24.5. The molecule has 0 aliphatic carbocycles. The minimum atomic E-state index is -0.712. The lowest BCUT2D eigenvalue weighted by Crippen LogP contribution is -2.33. The standard InChI is InChI=1S/C36H36N2O5/c1-4-34(39)38(29-15-10-12-26(2)24-29)22-11-23-43-30-20-18-27(19-21-30)25-33(36(41)42-3)37-32-17-9-8-16-31(32)35(40)28-13-6-5-7-14-28/h4-10,12-21,24,33,37H,1,11,22-23,25H2,2-3H3. The minimum absolute atomic E-state index is 0.135. The Morgan fingerprint density at radius 3 is 2.33 bits per heavy atom. The molecule has 0 aromatic heterocycles. The van der Waals surface area contributed by atoms with Crippen molar-refractivity contribution < 1.29 is 23.9 Å². The second kappa shape index (κ2) is 15.2. The zero-order chi connectivity index (χ0) is 30.6. The van der Waals surface area contributed by atoms with E-state index in [1.54, 1.807) is 35.2 Å². The number of rotatable bonds is 14. The van der Waals surface area contributed by atoms with Crippen molar-refractivity contribution in [1.82, 2.24) is 0 Å². The van der Waals surface area contributed by atoms with Gasteiger partial charge in [-0.15, -0.1) is 0 Å². The molecule has 43 heavy (non-hydrogen) atoms. The molecule has 0 fully saturated rings. The van der Waals surface area contributed by atoms with Gasteiger partial charge in [0.25, 0.3) is 0 Å². The van der Waals surface area contributed by atoms with E-state index in [0.717, 1.165) is 16.8 Å². The van der Waals surface area contributed by atoms with Gasteiger partial charge in [-0.05, 0) is 66.9 Å². The summed E-state index contributed by atoms with van der Waals surface area (Å²) < 4.78 is 11.0. The van der Waals surface area contributed by atoms with Gasteiger partial charge in [-0.3, -0.25) is 9.59 Å². The Labute approximate surface area is 252 Å². The monoisotopic (exact) mass is 576 g/mol. The van der Waals surface area contributed by atoms with Crippen LogP contribution in [-0.4, -0.2) is 44.0 Å². The second-order valence-corrected chi connectivity index (χ2v) is 10.0. The minimum Gasteiger partial charge on any atom is -0.494 e. The molecule has 1 amide bonds. The molecule has 0 aliphatic rings. The van der Waals surface area contributed by atoms with Gasteiger partial charge < -0.3 is 19.7 Å². The third-order valence-electron chi connectivity index (χ3n) is 6.94. The van der Waals surface area contributed by atoms with Crippen LogP contribution < -0.4 is 15.0 Å². The lowest BCUT2D eigenvalue weighted by molar-refractivity contribution is -0.141. The van der Waals surface area contributed by atoms with E-state index in [-0.39, 0.29) is 11.7 Å². The van der Waals surface area contributed by atoms with Gasteiger partial charge in [0.2, 0.25) is 5.91 Å². The molecule has 7 nitrogen and oxygen atoms in total. The van der Waals surface area contributed by atoms with Gasteiger partial charge in [-0.1, -0.05) is 73.3 Å². The van der Waals surface area contributed by atoms with Gasteiger partial charge in [0, 0.05) is 35.5 Å². The molecule has 0 bridgehead atoms. The largest absolute Gasteiger partial charge is 0.494 e. The van der Waals surface area contributed by atoms with Gasteiger partial charge >= 0.3 is 5.97 Å². The number of ketones is 1. The SMILES string of the molecule is C=CC(=O)N(CCCOc1ccc(CC(Nc2ccccc2C(=O)c2ccccc2)C(=O)OC)cc1)c1cccc(C)c1. The predicted octanol–water partition coefficient (Wildman–Crippen LogP) is 6.41. The fraction of sp³-hybridized carbons (Fsp3) is 0.194. The molecule has 0 aliphatic heterocycles. The highest BCUT2D eigenvalue weighted by molar-refractivity contribution is 6.12. The normalized spacial score (nSPS) is 11.2. The van der Waals surface area contributed by atoms with E-state index in [9.17, 15) is 14.4 Å². The molecule has 0 saturated heterocycles. The number of ether oxygens (including phenoxy) is 2. The van der Waals surface area contributed by atoms with Crippen LogP contribution in [0.25, 0.3) is 0 Å². The second-order valence-electron chi connectivity index (χ2n) is 10.0. The zero-order valence-electron chi connectivity index (χ0n) is 24.5. The van der Waals surface area contributed by atoms with Gasteiger partial charge in [-0.25, -0.2) is 4.79 Å². The number of hydrogen-bond acceptors (Lipinski definition) is 6. The van der Waals surface area contributed by atoms with Crippen LogP contribution in [0.5, 0.6) is 5.75 Å². The highest BCUT2D eigenvalue weighted by atomic mass is 16.5. The van der Waals surface area contributed by atoms with Gasteiger partial charge in [-0.2, -0.15) is 0 Å². The highest BCUT2D eigenvalue weighted by Crippen LogP contribution is 2.23. The van der Waals surface area contributed by atoms with Crippen LogP contribution in [0.4, 0.5) is 11.4 Å². The van der Waals surface area contributed by atoms with Crippen LogP contribution in [0.2, 0.25) is 0 Å². The summed E-state index contributed by atoms with van der Waals surface area (Å²) in [5.41, 5.74) is 4.39. The Balaban J connectivity index is 1.37. The number of carbonyl (C=O) groups excluding carboxylic acids is 3. The molecule has 220 valence electrons. The first-order chi connectivity index (χ1) is 20.9. The van der Waals surface area contributed by atoms with Crippen LogP contribution in [-0.2, 0) is 20.7 Å². The maximum absolute atomic E-state index is 13.2. The summed E-state index contributed by atoms with van der Waals surface area (Å²) in [5, 5.41) is 3.23. The number of carbonyl (C=O) groups is 3. The Bertz CT molecular complexity index is 1550. The maximum Gasteiger partial charge on any atom is 0.328 e. The molecular formula is C36H36N2O5. The third kappa shape index (κ3) is 8.42. The van der Waals surface area contributed by atoms with Crippen molar-refractivity contribution in [2.24, 2.45) is 0 Å². The van der Waals surface area contributed by atoms with E-state index in [0.29, 0.717) is 48.6 Å². The number of para-hydroxylation sites is 1. The fourth-order valence-corrected chi connectivity index (χ4v) is 4.72. The van der Waals surface area contributed by atoms with E-state index in [2.05, 4.69) is 11.9 Å². The van der Waals surface area contributed by atoms with Crippen LogP contribution in [0.15, 0.2) is 116 Å². The van der Waals surface area contributed by atoms with Crippen LogP contribution in [0.3, 0.4) is 0 Å². The Kier molecular flexibility index (Phi) is 10.9. The predicted molar refractivity (Wildman–Crippen MR) is 170 cm³/mol. The van der Waals surface area contributed by atoms with Crippen molar-refractivity contribution in [2.45, 2.75) is 25.8 Å². The van der Waals surface area contributed by atoms with Crippen LogP contribution >= 0.6 is 0 Å². The van der Waals surface area contributed by atoms with Crippen LogP contribution in [0.1, 0.15) is 33.5 Å². The van der Waals surface area contributed by atoms with Crippen molar-refractivity contribution in [3.8, 4) is 5.75 Å². The van der Waals surface area contributed by atoms with Crippen molar-refractivity contribution in [2.75, 3.05) is 30.5 Å². The number of anilines is 2. The Morgan fingerprint density at radius 1 is 0.907 bits per heavy atom. The third-order valence-corrected chi connectivity index (χ3v) is 6.94. The lowest BCUT2D eigenvalue weighted by Gasteiger charge is -2.22. The van der Waals surface area contributed by atoms with Gasteiger partial charge in [0.1, 0.15) is 11.8 Å². The summed E-state index contributed by atoms with van der Waals surface area (Å²) in [7, 11) is 1.34. The van der Waals surface area contributed by atoms with Gasteiger partial charge in [0.15, 0.2) is 5.78 Å². The number of aryl methyl sites for hydroxylation is 1. The number of nitrogens with one attached hydrogen (secondary N) is 1. The summed E-state index contributed by atoms with van der Waals surface area (Å²) in [5.74, 6) is -0.0442. The lowest BCUT2D eigenvalue weighted by atomic mass is 10.00. The van der Waals surface area contributed by atoms with Crippen LogP contribution in [0, 0.1) is 6.92 Å². The molecule has 0 radical (unpaired) electrons. The number of methoxy groups -OCH3 is 1. The molecule has 4 aromatic carbocycles. The Morgan fingerprint density at radius 2 is 1.63 bits per heavy atom. The molecule has 7 heteroatoms. The first kappa shape index (κ1) is 30.8. The summed E-state index contributed by atoms with van der Waals surface area (Å²) in [6.45, 7) is 6.53. The van der Waals surface area contributed by atoms with E-state index < -0.39 is 12.0 Å². The van der Waals surface area contributed by atoms with E-state index in [1.807, 2.05) is 79.7 Å². The molecule has 0 spiro atoms. The average Bonchev–Trinajstić information content (AvgIpc) is 3.04. The Hall–Kier alpha value is -5.17. The molecule has 1 unspecified atom stereocenters. The van der Waals surface area contributed by atoms with Crippen molar-refractivity contribution in [3.63, 3.8) is 0 Å². The van der Waals surface area contributed by atoms with Crippen molar-refractivity contribution >= 4 is 29.0 Å². The molecular weight excluding hydrogens is 540 g/mol. The summed E-state index contributed by atoms with van der Waals surface area (Å²) in [6.07, 6.45) is 2.29. The number of hydrogen-bond donors (Lipinski definition) is 1. The van der Waals surface area contributed by atoms with Crippen molar-refractivity contribution in [1.29, 1.82) is 0 Å². The molecule has 0 heterocycles. The smallest absolute Gasteiger partial charge is 0.328 e. The summed E-state index contributed by atoms with van der Waals surface area (Å²) >= 11 is 0. The summed E-state index contributed by atoms with van der Waals surface area (Å²) in [6, 6.07) is 30.7. The van der Waals surface area contributed by atoms with E-state index in [1.165, 1.54) is 13.2 Å². The number of amides is 1. The summed E-state index contributed by atoms with van der Waals surface area (Å²) in [4.78, 5) is 40.0. The van der Waals surface area contributed by atoms with Gasteiger partial charge in [0.05, 0.1) is 13.7 Å². The maximum atomic E-state index is 13.2. The highest BCUT2D eigenvalue weighted by Gasteiger charge is 2.22. The number of esters is 1. The topological polar surface area (TPSA) is 84.9 Å². The van der Waals surface area contributed by atoms with E-state index >= 15 is 0 Å². The fourth-order valence-electron chi connectivity index (χ4n) is 4.72. The molecule has 1 N–H and O–H groups in total. The van der Waals surface area contributed by atoms with E-state index in [4.69, 9.17) is 9.47 Å². The van der Waals surface area contributed by atoms with Crippen molar-refractivity contribution in [3.05, 3.63) is 138 Å². The number of nitrogens with zero attached hydrogens (tertiary/aromatic N) is 1. The molecule has 1 atom stereocenters. The number of benzene rings is 4. The first-order valence-corrected chi connectivity index (χ1v) is 14.1. The molecule has 4 aromatic rings. The molecule has 4 rings (SSSR count).